The molecule has 5 heteroatoms. The lowest BCUT2D eigenvalue weighted by atomic mass is 10.3. The maximum absolute atomic E-state index is 11.4. The Bertz CT molecular complexity index is 395. The minimum atomic E-state index is 0.0896. The van der Waals surface area contributed by atoms with Crippen molar-refractivity contribution in [2.45, 2.75) is 45.8 Å². The number of hydrogen-bond acceptors (Lipinski definition) is 3. The third-order valence-corrected chi connectivity index (χ3v) is 2.82. The molecule has 0 aliphatic heterocycles. The molecule has 2 rings (SSSR count). The Balaban J connectivity index is 1.74. The van der Waals surface area contributed by atoms with Gasteiger partial charge in [-0.1, -0.05) is 0 Å². The number of amides is 1. The van der Waals surface area contributed by atoms with E-state index in [0.29, 0.717) is 19.1 Å². The molecule has 17 heavy (non-hydrogen) atoms. The van der Waals surface area contributed by atoms with E-state index in [9.17, 15) is 4.79 Å². The number of aryl methyl sites for hydroxylation is 2. The number of rotatable bonds is 6. The SMILES string of the molecule is CCn1nc(C)cc1CNCC(=O)NC1CC1. The van der Waals surface area contributed by atoms with Crippen LogP contribution in [0.15, 0.2) is 6.07 Å². The summed E-state index contributed by atoms with van der Waals surface area (Å²) in [6.45, 7) is 5.97. The molecule has 0 radical (unpaired) electrons. The van der Waals surface area contributed by atoms with E-state index in [1.54, 1.807) is 0 Å². The molecular weight excluding hydrogens is 216 g/mol. The lowest BCUT2D eigenvalue weighted by Crippen LogP contribution is -2.35. The molecule has 5 nitrogen and oxygen atoms in total. The van der Waals surface area contributed by atoms with E-state index in [1.807, 2.05) is 11.6 Å². The average molecular weight is 236 g/mol. The molecule has 1 amide bonds. The standard InChI is InChI=1S/C12H20N4O/c1-3-16-11(6-9(2)15-16)7-13-8-12(17)14-10-4-5-10/h6,10,13H,3-5,7-8H2,1-2H3,(H,14,17). The van der Waals surface area contributed by atoms with Crippen LogP contribution in [-0.4, -0.2) is 28.3 Å². The van der Waals surface area contributed by atoms with Gasteiger partial charge in [0.15, 0.2) is 0 Å². The monoisotopic (exact) mass is 236 g/mol. The zero-order chi connectivity index (χ0) is 12.3. The Morgan fingerprint density at radius 2 is 2.35 bits per heavy atom. The van der Waals surface area contributed by atoms with Crippen LogP contribution in [0.5, 0.6) is 0 Å². The highest BCUT2D eigenvalue weighted by Gasteiger charge is 2.22. The third-order valence-electron chi connectivity index (χ3n) is 2.82. The van der Waals surface area contributed by atoms with Gasteiger partial charge in [0.1, 0.15) is 0 Å². The van der Waals surface area contributed by atoms with Crippen molar-refractivity contribution in [2.24, 2.45) is 0 Å². The molecule has 2 N–H and O–H groups in total. The van der Waals surface area contributed by atoms with Gasteiger partial charge >= 0.3 is 0 Å². The molecule has 1 fully saturated rings. The van der Waals surface area contributed by atoms with Gasteiger partial charge in [0, 0.05) is 19.1 Å². The average Bonchev–Trinajstić information content (AvgIpc) is 3.01. The molecule has 1 aliphatic rings. The maximum atomic E-state index is 11.4. The van der Waals surface area contributed by atoms with Crippen LogP contribution in [0.2, 0.25) is 0 Å². The lowest BCUT2D eigenvalue weighted by molar-refractivity contribution is -0.120. The first-order valence-corrected chi connectivity index (χ1v) is 6.22. The first kappa shape index (κ1) is 12.1. The van der Waals surface area contributed by atoms with E-state index in [4.69, 9.17) is 0 Å². The Morgan fingerprint density at radius 3 is 3.00 bits per heavy atom. The van der Waals surface area contributed by atoms with Gasteiger partial charge in [0.2, 0.25) is 5.91 Å². The van der Waals surface area contributed by atoms with Crippen molar-refractivity contribution >= 4 is 5.91 Å². The summed E-state index contributed by atoms with van der Waals surface area (Å²) in [4.78, 5) is 11.4. The predicted molar refractivity (Wildman–Crippen MR) is 65.5 cm³/mol. The van der Waals surface area contributed by atoms with Crippen molar-refractivity contribution < 1.29 is 4.79 Å². The second-order valence-corrected chi connectivity index (χ2v) is 4.54. The summed E-state index contributed by atoms with van der Waals surface area (Å²) in [7, 11) is 0. The van der Waals surface area contributed by atoms with E-state index < -0.39 is 0 Å². The van der Waals surface area contributed by atoms with E-state index in [2.05, 4.69) is 28.7 Å². The summed E-state index contributed by atoms with van der Waals surface area (Å²) in [5, 5.41) is 10.5. The fourth-order valence-corrected chi connectivity index (χ4v) is 1.83. The predicted octanol–water partition coefficient (Wildman–Crippen LogP) is 0.580. The molecule has 1 aromatic heterocycles. The van der Waals surface area contributed by atoms with Crippen LogP contribution < -0.4 is 10.6 Å². The van der Waals surface area contributed by atoms with Gasteiger partial charge in [-0.25, -0.2) is 0 Å². The Kier molecular flexibility index (Phi) is 3.78. The van der Waals surface area contributed by atoms with Crippen molar-refractivity contribution in [3.63, 3.8) is 0 Å². The van der Waals surface area contributed by atoms with Gasteiger partial charge in [-0.15, -0.1) is 0 Å². The number of aromatic nitrogens is 2. The largest absolute Gasteiger partial charge is 0.352 e. The van der Waals surface area contributed by atoms with Gasteiger partial charge in [-0.3, -0.25) is 9.48 Å². The van der Waals surface area contributed by atoms with Gasteiger partial charge in [0.05, 0.1) is 17.9 Å². The first-order chi connectivity index (χ1) is 8.19. The van der Waals surface area contributed by atoms with Crippen LogP contribution in [0.1, 0.15) is 31.2 Å². The topological polar surface area (TPSA) is 59.0 Å². The van der Waals surface area contributed by atoms with Crippen LogP contribution in [-0.2, 0) is 17.9 Å². The maximum Gasteiger partial charge on any atom is 0.234 e. The molecule has 94 valence electrons. The number of carbonyl (C=O) groups excluding carboxylic acids is 1. The van der Waals surface area contributed by atoms with Gasteiger partial charge in [-0.05, 0) is 32.8 Å². The molecule has 1 saturated carbocycles. The molecule has 1 aliphatic carbocycles. The van der Waals surface area contributed by atoms with Gasteiger partial charge < -0.3 is 10.6 Å². The summed E-state index contributed by atoms with van der Waals surface area (Å²) in [5.41, 5.74) is 2.15. The van der Waals surface area contributed by atoms with Crippen molar-refractivity contribution in [2.75, 3.05) is 6.54 Å². The zero-order valence-electron chi connectivity index (χ0n) is 10.5. The van der Waals surface area contributed by atoms with Crippen LogP contribution in [0.4, 0.5) is 0 Å². The fourth-order valence-electron chi connectivity index (χ4n) is 1.83. The molecule has 0 atom stereocenters. The highest BCUT2D eigenvalue weighted by atomic mass is 16.2. The summed E-state index contributed by atoms with van der Waals surface area (Å²) < 4.78 is 1.96. The molecular formula is C12H20N4O. The van der Waals surface area contributed by atoms with Crippen LogP contribution in [0, 0.1) is 6.92 Å². The highest BCUT2D eigenvalue weighted by molar-refractivity contribution is 5.78. The minimum absolute atomic E-state index is 0.0896. The molecule has 0 aromatic carbocycles. The van der Waals surface area contributed by atoms with E-state index in [0.717, 1.165) is 30.8 Å². The number of nitrogens with one attached hydrogen (secondary N) is 2. The summed E-state index contributed by atoms with van der Waals surface area (Å²) in [6, 6.07) is 2.49. The Labute approximate surface area is 102 Å². The highest BCUT2D eigenvalue weighted by Crippen LogP contribution is 2.18. The number of hydrogen-bond donors (Lipinski definition) is 2. The molecule has 0 saturated heterocycles. The smallest absolute Gasteiger partial charge is 0.234 e. The summed E-state index contributed by atoms with van der Waals surface area (Å²) in [5.74, 6) is 0.0896. The zero-order valence-corrected chi connectivity index (χ0v) is 10.5. The third kappa shape index (κ3) is 3.56. The van der Waals surface area contributed by atoms with Crippen LogP contribution in [0.3, 0.4) is 0 Å². The van der Waals surface area contributed by atoms with E-state index >= 15 is 0 Å². The first-order valence-electron chi connectivity index (χ1n) is 6.22. The molecule has 0 unspecified atom stereocenters. The quantitative estimate of drug-likeness (QED) is 0.759. The second kappa shape index (κ2) is 5.31. The summed E-state index contributed by atoms with van der Waals surface area (Å²) in [6.07, 6.45) is 2.26. The van der Waals surface area contributed by atoms with Gasteiger partial charge in [0.25, 0.3) is 0 Å². The van der Waals surface area contributed by atoms with Crippen LogP contribution >= 0.6 is 0 Å². The van der Waals surface area contributed by atoms with Crippen molar-refractivity contribution in [3.8, 4) is 0 Å². The molecule has 0 spiro atoms. The lowest BCUT2D eigenvalue weighted by Gasteiger charge is -2.07. The molecule has 1 heterocycles. The number of nitrogens with zero attached hydrogens (tertiary/aromatic N) is 2. The molecule has 0 bridgehead atoms. The second-order valence-electron chi connectivity index (χ2n) is 4.54. The van der Waals surface area contributed by atoms with Crippen molar-refractivity contribution in [1.82, 2.24) is 20.4 Å². The van der Waals surface area contributed by atoms with Gasteiger partial charge in [-0.2, -0.15) is 5.10 Å². The summed E-state index contributed by atoms with van der Waals surface area (Å²) >= 11 is 0. The normalized spacial score (nSPS) is 14.9. The van der Waals surface area contributed by atoms with E-state index in [1.165, 1.54) is 0 Å². The number of carbonyl (C=O) groups is 1. The Hall–Kier alpha value is -1.36. The van der Waals surface area contributed by atoms with Crippen LogP contribution in [0.25, 0.3) is 0 Å². The van der Waals surface area contributed by atoms with Crippen molar-refractivity contribution in [3.05, 3.63) is 17.5 Å². The molecule has 1 aromatic rings. The Morgan fingerprint density at radius 1 is 1.59 bits per heavy atom. The van der Waals surface area contributed by atoms with Crippen molar-refractivity contribution in [1.29, 1.82) is 0 Å². The minimum Gasteiger partial charge on any atom is -0.352 e. The van der Waals surface area contributed by atoms with E-state index in [-0.39, 0.29) is 5.91 Å². The fraction of sp³-hybridized carbons (Fsp3) is 0.667.